The maximum absolute atomic E-state index is 13.8. The van der Waals surface area contributed by atoms with Gasteiger partial charge in [0.2, 0.25) is 0 Å². The summed E-state index contributed by atoms with van der Waals surface area (Å²) in [7, 11) is 7.05. The maximum Gasteiger partial charge on any atom is 0.123 e. The maximum atomic E-state index is 13.8. The van der Waals surface area contributed by atoms with Crippen molar-refractivity contribution in [3.63, 3.8) is 0 Å². The van der Waals surface area contributed by atoms with E-state index >= 15 is 0 Å². The Hall–Kier alpha value is -3.97. The van der Waals surface area contributed by atoms with E-state index in [1.54, 1.807) is 30.3 Å². The molecule has 192 valence electrons. The minimum absolute atomic E-state index is 0.331. The lowest BCUT2D eigenvalue weighted by atomic mass is 9.69. The minimum Gasteiger partial charge on any atom is -0.378 e. The Morgan fingerprint density at radius 3 is 2.62 bits per heavy atom. The smallest absolute Gasteiger partial charge is 0.123 e. The third kappa shape index (κ3) is 4.95. The third-order valence-electron chi connectivity index (χ3n) is 6.73. The van der Waals surface area contributed by atoms with Gasteiger partial charge in [0.25, 0.3) is 0 Å². The van der Waals surface area contributed by atoms with E-state index in [1.807, 2.05) is 29.4 Å². The topological polar surface area (TPSA) is 88.0 Å². The summed E-state index contributed by atoms with van der Waals surface area (Å²) in [5.41, 5.74) is 8.91. The molecule has 39 heavy (non-hydrogen) atoms. The first-order valence-electron chi connectivity index (χ1n) is 12.2. The van der Waals surface area contributed by atoms with E-state index in [2.05, 4.69) is 32.6 Å². The summed E-state index contributed by atoms with van der Waals surface area (Å²) < 4.78 is 13.8. The highest BCUT2D eigenvalue weighted by Crippen LogP contribution is 2.39. The van der Waals surface area contributed by atoms with E-state index in [4.69, 9.17) is 31.0 Å². The molecule has 0 saturated heterocycles. The van der Waals surface area contributed by atoms with Crippen molar-refractivity contribution in [2.75, 3.05) is 10.6 Å². The summed E-state index contributed by atoms with van der Waals surface area (Å²) in [4.78, 5) is 4.43. The number of anilines is 3. The Labute approximate surface area is 236 Å². The van der Waals surface area contributed by atoms with E-state index in [9.17, 15) is 9.65 Å². The number of nitrogens with zero attached hydrogens (tertiary/aromatic N) is 3. The number of hydrazine groups is 2. The lowest BCUT2D eigenvalue weighted by molar-refractivity contribution is 0.260. The zero-order chi connectivity index (χ0) is 27.1. The molecule has 1 aromatic heterocycles. The van der Waals surface area contributed by atoms with Gasteiger partial charge < -0.3 is 16.1 Å². The van der Waals surface area contributed by atoms with Gasteiger partial charge in [-0.3, -0.25) is 9.99 Å². The van der Waals surface area contributed by atoms with Gasteiger partial charge in [0.15, 0.2) is 0 Å². The van der Waals surface area contributed by atoms with Crippen molar-refractivity contribution in [1.29, 1.82) is 5.26 Å². The second-order valence-electron chi connectivity index (χ2n) is 9.51. The average molecular weight is 556 g/mol. The van der Waals surface area contributed by atoms with Crippen LogP contribution in [0, 0.1) is 17.1 Å². The number of pyridine rings is 1. The van der Waals surface area contributed by atoms with Crippen LogP contribution in [-0.4, -0.2) is 23.9 Å². The molecule has 1 aliphatic carbocycles. The van der Waals surface area contributed by atoms with Crippen molar-refractivity contribution >= 4 is 59.0 Å². The van der Waals surface area contributed by atoms with Crippen molar-refractivity contribution in [3.8, 4) is 6.07 Å². The molecule has 0 spiro atoms. The summed E-state index contributed by atoms with van der Waals surface area (Å²) in [6.45, 7) is 0. The Morgan fingerprint density at radius 1 is 1.10 bits per heavy atom. The number of hydrogen-bond donors (Lipinski definition) is 4. The van der Waals surface area contributed by atoms with E-state index < -0.39 is 5.44 Å². The van der Waals surface area contributed by atoms with E-state index in [-0.39, 0.29) is 5.82 Å². The number of nitrogens with one attached hydrogen (secondary N) is 4. The molecule has 0 amide bonds. The van der Waals surface area contributed by atoms with Crippen molar-refractivity contribution < 1.29 is 4.39 Å². The molecule has 4 aromatic rings. The number of benzene rings is 3. The SMILES string of the molecule is [B]C(Nc1cc(Cl)c2ncc(C#N)c(Nc3cccc(Cl)c3)c2c1)(C1=CN(C2CC2)NN1)c1ccc(F)cc1. The molecule has 2 heterocycles. The Morgan fingerprint density at radius 2 is 1.90 bits per heavy atom. The van der Waals surface area contributed by atoms with Gasteiger partial charge in [-0.05, 0) is 60.9 Å². The molecule has 1 unspecified atom stereocenters. The van der Waals surface area contributed by atoms with Crippen LogP contribution in [0.2, 0.25) is 10.0 Å². The molecule has 1 saturated carbocycles. The fourth-order valence-electron chi connectivity index (χ4n) is 4.58. The second-order valence-corrected chi connectivity index (χ2v) is 10.3. The summed E-state index contributed by atoms with van der Waals surface area (Å²) in [5.74, 6) is -0.368. The van der Waals surface area contributed by atoms with Crippen molar-refractivity contribution in [2.45, 2.75) is 24.3 Å². The summed E-state index contributed by atoms with van der Waals surface area (Å²) in [6, 6.07) is 19.3. The van der Waals surface area contributed by atoms with Crippen LogP contribution < -0.4 is 21.6 Å². The van der Waals surface area contributed by atoms with Crippen LogP contribution in [0.15, 0.2) is 78.8 Å². The van der Waals surface area contributed by atoms with Crippen LogP contribution in [0.4, 0.5) is 21.5 Å². The molecule has 4 N–H and O–H groups in total. The fourth-order valence-corrected chi connectivity index (χ4v) is 5.03. The number of fused-ring (bicyclic) bond motifs is 1. The van der Waals surface area contributed by atoms with Crippen LogP contribution in [0.3, 0.4) is 0 Å². The fraction of sp³-hybridized carbons (Fsp3) is 0.143. The van der Waals surface area contributed by atoms with Gasteiger partial charge in [0.05, 0.1) is 32.9 Å². The lowest BCUT2D eigenvalue weighted by Gasteiger charge is -2.34. The van der Waals surface area contributed by atoms with Gasteiger partial charge in [-0.2, -0.15) is 5.26 Å². The molecule has 11 heteroatoms. The molecule has 0 bridgehead atoms. The van der Waals surface area contributed by atoms with Crippen LogP contribution in [0.25, 0.3) is 10.9 Å². The zero-order valence-electron chi connectivity index (χ0n) is 20.5. The van der Waals surface area contributed by atoms with Crippen molar-refractivity contribution in [3.05, 3.63) is 106 Å². The van der Waals surface area contributed by atoms with Crippen LogP contribution >= 0.6 is 23.2 Å². The Bertz CT molecular complexity index is 1650. The zero-order valence-corrected chi connectivity index (χ0v) is 22.0. The van der Waals surface area contributed by atoms with E-state index in [1.165, 1.54) is 18.3 Å². The summed E-state index contributed by atoms with van der Waals surface area (Å²) in [6.07, 6.45) is 5.55. The highest BCUT2D eigenvalue weighted by molar-refractivity contribution is 6.36. The van der Waals surface area contributed by atoms with Gasteiger partial charge in [-0.25, -0.2) is 4.39 Å². The second kappa shape index (κ2) is 9.97. The standard InChI is InChI=1S/C28H21BCl2FN7/c29-28(17-4-6-19(32)7-5-17,25-15-39(38-37-25)22-8-9-22)36-21-11-23-26(35-20-3-1-2-18(30)10-20)16(13-33)14-34-27(23)24(31)12-21/h1-7,10-12,14-15,22,36-38H,8-9H2,(H,34,35). The number of rotatable bonds is 7. The molecule has 1 atom stereocenters. The van der Waals surface area contributed by atoms with Crippen LogP contribution in [0.1, 0.15) is 24.0 Å². The first-order chi connectivity index (χ1) is 18.8. The summed E-state index contributed by atoms with van der Waals surface area (Å²) >= 11 is 12.9. The Kier molecular flexibility index (Phi) is 6.47. The highest BCUT2D eigenvalue weighted by Gasteiger charge is 2.37. The minimum atomic E-state index is -1.29. The van der Waals surface area contributed by atoms with Gasteiger partial charge in [0, 0.05) is 40.2 Å². The van der Waals surface area contributed by atoms with Crippen LogP contribution in [-0.2, 0) is 5.44 Å². The predicted octanol–water partition coefficient (Wildman–Crippen LogP) is 6.06. The molecule has 2 aliphatic rings. The largest absolute Gasteiger partial charge is 0.378 e. The first-order valence-corrected chi connectivity index (χ1v) is 13.0. The molecule has 6 rings (SSSR count). The first kappa shape index (κ1) is 25.3. The molecular formula is C28H21BCl2FN7. The van der Waals surface area contributed by atoms with Gasteiger partial charge in [-0.15, -0.1) is 5.53 Å². The monoisotopic (exact) mass is 555 g/mol. The average Bonchev–Trinajstić information content (AvgIpc) is 3.65. The molecule has 1 aliphatic heterocycles. The highest BCUT2D eigenvalue weighted by atomic mass is 35.5. The molecule has 3 aromatic carbocycles. The van der Waals surface area contributed by atoms with E-state index in [0.29, 0.717) is 60.9 Å². The normalized spacial score (nSPS) is 16.3. The summed E-state index contributed by atoms with van der Waals surface area (Å²) in [5, 5.41) is 20.0. The van der Waals surface area contributed by atoms with Gasteiger partial charge in [-0.1, -0.05) is 41.4 Å². The molecular weight excluding hydrogens is 535 g/mol. The van der Waals surface area contributed by atoms with Crippen molar-refractivity contribution in [1.82, 2.24) is 21.0 Å². The molecule has 1 fully saturated rings. The number of halogens is 3. The van der Waals surface area contributed by atoms with Gasteiger partial charge in [0.1, 0.15) is 19.7 Å². The predicted molar refractivity (Wildman–Crippen MR) is 153 cm³/mol. The van der Waals surface area contributed by atoms with Crippen molar-refractivity contribution in [2.24, 2.45) is 0 Å². The number of hydrogen-bond acceptors (Lipinski definition) is 7. The third-order valence-corrected chi connectivity index (χ3v) is 7.26. The van der Waals surface area contributed by atoms with Crippen LogP contribution in [0.5, 0.6) is 0 Å². The lowest BCUT2D eigenvalue weighted by Crippen LogP contribution is -2.45. The molecule has 2 radical (unpaired) electrons. The number of aromatic nitrogens is 1. The Balaban J connectivity index is 1.46. The van der Waals surface area contributed by atoms with E-state index in [0.717, 1.165) is 12.8 Å². The molecule has 7 nitrogen and oxygen atoms in total. The quantitative estimate of drug-likeness (QED) is 0.206. The number of nitriles is 1. The van der Waals surface area contributed by atoms with Gasteiger partial charge >= 0.3 is 0 Å².